The van der Waals surface area contributed by atoms with Crippen LogP contribution in [-0.4, -0.2) is 31.7 Å². The third-order valence-electron chi connectivity index (χ3n) is 0.801. The summed E-state index contributed by atoms with van der Waals surface area (Å²) in [6.07, 6.45) is 0. The third kappa shape index (κ3) is 6.75. The highest BCUT2D eigenvalue weighted by Gasteiger charge is 1.96. The lowest BCUT2D eigenvalue weighted by atomic mass is 10.6. The molecule has 64 valence electrons. The first-order chi connectivity index (χ1) is 5.16. The van der Waals surface area contributed by atoms with E-state index in [2.05, 4.69) is 10.1 Å². The van der Waals surface area contributed by atoms with Gasteiger partial charge >= 0.3 is 0 Å². The zero-order valence-corrected chi connectivity index (χ0v) is 6.00. The molecule has 0 aliphatic carbocycles. The first-order valence-electron chi connectivity index (χ1n) is 2.99. The van der Waals surface area contributed by atoms with Crippen LogP contribution in [0, 0.1) is 0 Å². The zero-order chi connectivity index (χ0) is 8.69. The Bertz CT molecular complexity index is 148. The molecule has 6 nitrogen and oxygen atoms in total. The van der Waals surface area contributed by atoms with Gasteiger partial charge in [-0.1, -0.05) is 0 Å². The molecular formula is C5H11N3O3. The summed E-state index contributed by atoms with van der Waals surface area (Å²) in [7, 11) is 0. The quantitative estimate of drug-likeness (QED) is 0.306. The molecule has 2 amide bonds. The number of primary amides is 1. The Morgan fingerprint density at radius 2 is 2.09 bits per heavy atom. The zero-order valence-electron chi connectivity index (χ0n) is 6.00. The number of hydrogen-bond acceptors (Lipinski definition) is 4. The van der Waals surface area contributed by atoms with Crippen molar-refractivity contribution in [1.82, 2.24) is 5.32 Å². The van der Waals surface area contributed by atoms with Crippen LogP contribution >= 0.6 is 0 Å². The highest BCUT2D eigenvalue weighted by atomic mass is 16.5. The van der Waals surface area contributed by atoms with Crippen LogP contribution in [0.5, 0.6) is 0 Å². The van der Waals surface area contributed by atoms with Gasteiger partial charge in [-0.15, -0.1) is 0 Å². The van der Waals surface area contributed by atoms with E-state index in [0.29, 0.717) is 0 Å². The maximum atomic E-state index is 10.4. The summed E-state index contributed by atoms with van der Waals surface area (Å²) in [6, 6.07) is 0. The molecule has 6 heteroatoms. The molecule has 0 aliphatic rings. The number of rotatable bonds is 5. The van der Waals surface area contributed by atoms with Crippen LogP contribution in [0.25, 0.3) is 0 Å². The van der Waals surface area contributed by atoms with Gasteiger partial charge in [-0.25, -0.2) is 0 Å². The maximum Gasteiger partial charge on any atom is 0.243 e. The van der Waals surface area contributed by atoms with Crippen molar-refractivity contribution in [2.75, 3.05) is 19.9 Å². The summed E-state index contributed by atoms with van der Waals surface area (Å²) in [6.45, 7) is -0.343. The number of amides is 2. The standard InChI is InChI=1S/C5H11N3O3/c6-1-5(10)8-3-11-2-4(7)9/h1-3,6H2,(H2,7,9)(H,8,10). The molecule has 0 bridgehead atoms. The summed E-state index contributed by atoms with van der Waals surface area (Å²) in [5.41, 5.74) is 9.70. The van der Waals surface area contributed by atoms with E-state index >= 15 is 0 Å². The first-order valence-corrected chi connectivity index (χ1v) is 2.99. The average molecular weight is 161 g/mol. The van der Waals surface area contributed by atoms with Gasteiger partial charge in [0.05, 0.1) is 6.54 Å². The molecule has 0 rings (SSSR count). The number of ether oxygens (including phenoxy) is 1. The maximum absolute atomic E-state index is 10.4. The smallest absolute Gasteiger partial charge is 0.243 e. The molecule has 5 N–H and O–H groups in total. The van der Waals surface area contributed by atoms with E-state index in [9.17, 15) is 9.59 Å². The Hall–Kier alpha value is -1.14. The second-order valence-electron chi connectivity index (χ2n) is 1.76. The molecule has 0 aliphatic heterocycles. The van der Waals surface area contributed by atoms with Crippen molar-refractivity contribution in [2.24, 2.45) is 11.5 Å². The van der Waals surface area contributed by atoms with Crippen LogP contribution in [0.1, 0.15) is 0 Å². The Morgan fingerprint density at radius 1 is 1.45 bits per heavy atom. The summed E-state index contributed by atoms with van der Waals surface area (Å²) in [5, 5.41) is 2.29. The van der Waals surface area contributed by atoms with Crippen molar-refractivity contribution in [3.8, 4) is 0 Å². The molecule has 0 aromatic heterocycles. The van der Waals surface area contributed by atoms with Crippen molar-refractivity contribution < 1.29 is 14.3 Å². The normalized spacial score (nSPS) is 9.18. The van der Waals surface area contributed by atoms with Crippen LogP contribution in [-0.2, 0) is 14.3 Å². The third-order valence-corrected chi connectivity index (χ3v) is 0.801. The number of nitrogens with two attached hydrogens (primary N) is 2. The molecular weight excluding hydrogens is 150 g/mol. The predicted molar refractivity (Wildman–Crippen MR) is 37.2 cm³/mol. The van der Waals surface area contributed by atoms with Crippen LogP contribution in [0.3, 0.4) is 0 Å². The van der Waals surface area contributed by atoms with E-state index in [0.717, 1.165) is 0 Å². The lowest BCUT2D eigenvalue weighted by molar-refractivity contribution is -0.126. The van der Waals surface area contributed by atoms with Gasteiger partial charge in [0.25, 0.3) is 0 Å². The largest absolute Gasteiger partial charge is 0.368 e. The van der Waals surface area contributed by atoms with Gasteiger partial charge in [0, 0.05) is 0 Å². The molecule has 11 heavy (non-hydrogen) atoms. The molecule has 0 atom stereocenters. The van der Waals surface area contributed by atoms with Crippen molar-refractivity contribution in [1.29, 1.82) is 0 Å². The highest BCUT2D eigenvalue weighted by Crippen LogP contribution is 1.68. The van der Waals surface area contributed by atoms with Crippen LogP contribution in [0.4, 0.5) is 0 Å². The molecule has 0 aromatic carbocycles. The fourth-order valence-electron chi connectivity index (χ4n) is 0.355. The van der Waals surface area contributed by atoms with E-state index in [-0.39, 0.29) is 25.8 Å². The van der Waals surface area contributed by atoms with Gasteiger partial charge in [0.2, 0.25) is 11.8 Å². The van der Waals surface area contributed by atoms with Crippen LogP contribution in [0.15, 0.2) is 0 Å². The summed E-state index contributed by atoms with van der Waals surface area (Å²) in [5.74, 6) is -0.915. The van der Waals surface area contributed by atoms with Crippen LogP contribution < -0.4 is 16.8 Å². The number of carbonyl (C=O) groups is 2. The predicted octanol–water partition coefficient (Wildman–Crippen LogP) is -2.48. The number of hydrogen-bond donors (Lipinski definition) is 3. The lowest BCUT2D eigenvalue weighted by Gasteiger charge is -2.02. The van der Waals surface area contributed by atoms with Gasteiger partial charge in [-0.3, -0.25) is 9.59 Å². The summed E-state index contributed by atoms with van der Waals surface area (Å²) >= 11 is 0. The molecule has 0 heterocycles. The fraction of sp³-hybridized carbons (Fsp3) is 0.600. The molecule has 0 saturated carbocycles. The number of carbonyl (C=O) groups excluding carboxylic acids is 2. The molecule has 0 radical (unpaired) electrons. The van der Waals surface area contributed by atoms with Gasteiger partial charge < -0.3 is 21.5 Å². The molecule has 0 fully saturated rings. The molecule has 0 unspecified atom stereocenters. The minimum absolute atomic E-state index is 0.0427. The minimum atomic E-state index is -0.577. The van der Waals surface area contributed by atoms with Crippen molar-refractivity contribution in [3.05, 3.63) is 0 Å². The minimum Gasteiger partial charge on any atom is -0.368 e. The van der Waals surface area contributed by atoms with E-state index in [1.165, 1.54) is 0 Å². The van der Waals surface area contributed by atoms with Crippen molar-refractivity contribution in [2.45, 2.75) is 0 Å². The second-order valence-corrected chi connectivity index (χ2v) is 1.76. The Morgan fingerprint density at radius 3 is 2.55 bits per heavy atom. The molecule has 0 saturated heterocycles. The average Bonchev–Trinajstić information content (AvgIpc) is 1.97. The topological polar surface area (TPSA) is 107 Å². The Labute approximate surface area is 63.9 Å². The number of nitrogens with one attached hydrogen (secondary N) is 1. The molecule has 0 aromatic rings. The SMILES string of the molecule is NCC(=O)NCOCC(N)=O. The lowest BCUT2D eigenvalue weighted by Crippen LogP contribution is -2.33. The van der Waals surface area contributed by atoms with Crippen LogP contribution in [0.2, 0.25) is 0 Å². The van der Waals surface area contributed by atoms with Crippen molar-refractivity contribution in [3.63, 3.8) is 0 Å². The van der Waals surface area contributed by atoms with E-state index < -0.39 is 5.91 Å². The monoisotopic (exact) mass is 161 g/mol. The van der Waals surface area contributed by atoms with E-state index in [4.69, 9.17) is 11.5 Å². The van der Waals surface area contributed by atoms with E-state index in [1.54, 1.807) is 0 Å². The summed E-state index contributed by atoms with van der Waals surface area (Å²) < 4.78 is 4.61. The van der Waals surface area contributed by atoms with Crippen molar-refractivity contribution >= 4 is 11.8 Å². The Balaban J connectivity index is 3.14. The first kappa shape index (κ1) is 9.86. The van der Waals surface area contributed by atoms with Gasteiger partial charge in [-0.05, 0) is 0 Å². The summed E-state index contributed by atoms with van der Waals surface area (Å²) in [4.78, 5) is 20.5. The van der Waals surface area contributed by atoms with Gasteiger partial charge in [-0.2, -0.15) is 0 Å². The fourth-order valence-corrected chi connectivity index (χ4v) is 0.355. The molecule has 0 spiro atoms. The van der Waals surface area contributed by atoms with E-state index in [1.807, 2.05) is 0 Å². The second kappa shape index (κ2) is 5.63. The van der Waals surface area contributed by atoms with Gasteiger partial charge in [0.1, 0.15) is 13.3 Å². The highest BCUT2D eigenvalue weighted by molar-refractivity contribution is 5.77. The Kier molecular flexibility index (Phi) is 5.05. The van der Waals surface area contributed by atoms with Gasteiger partial charge in [0.15, 0.2) is 0 Å².